The minimum Gasteiger partial charge on any atom is -0.497 e. The van der Waals surface area contributed by atoms with Crippen molar-refractivity contribution in [2.24, 2.45) is 7.05 Å². The third-order valence-corrected chi connectivity index (χ3v) is 4.88. The van der Waals surface area contributed by atoms with Gasteiger partial charge in [0.25, 0.3) is 5.91 Å². The predicted molar refractivity (Wildman–Crippen MR) is 112 cm³/mol. The lowest BCUT2D eigenvalue weighted by Gasteiger charge is -2.18. The lowest BCUT2D eigenvalue weighted by atomic mass is 10.1. The zero-order valence-electron chi connectivity index (χ0n) is 17.3. The first-order valence-electron chi connectivity index (χ1n) is 9.58. The van der Waals surface area contributed by atoms with Crippen molar-refractivity contribution in [3.63, 3.8) is 0 Å². The highest BCUT2D eigenvalue weighted by molar-refractivity contribution is 5.91. The van der Waals surface area contributed by atoms with Crippen LogP contribution in [0.1, 0.15) is 33.9 Å². The van der Waals surface area contributed by atoms with Crippen LogP contribution in [0.25, 0.3) is 5.69 Å². The lowest BCUT2D eigenvalue weighted by molar-refractivity contribution is 0.0930. The summed E-state index contributed by atoms with van der Waals surface area (Å²) in [5, 5.41) is 7.28. The Kier molecular flexibility index (Phi) is 5.48. The normalized spacial score (nSPS) is 11.9. The van der Waals surface area contributed by atoms with Gasteiger partial charge in [0, 0.05) is 19.4 Å². The molecule has 0 saturated carbocycles. The standard InChI is InChI=1S/C22H21FN6O2/c1-14-25-20(27-29(14)17-8-6-16(23)7-9-17)22(30)26-19(21-24-12-13-28(21)2)15-4-10-18(31-3)11-5-15/h4-13,19H,1-3H3,(H,26,30)/t19-/m1/s1. The number of nitrogens with zero attached hydrogens (tertiary/aromatic N) is 5. The van der Waals surface area contributed by atoms with Crippen molar-refractivity contribution in [3.05, 3.63) is 89.8 Å². The Morgan fingerprint density at radius 1 is 1.13 bits per heavy atom. The molecule has 0 bridgehead atoms. The van der Waals surface area contributed by atoms with Crippen molar-refractivity contribution in [2.45, 2.75) is 13.0 Å². The Bertz CT molecular complexity index is 1200. The van der Waals surface area contributed by atoms with Crippen molar-refractivity contribution in [1.29, 1.82) is 0 Å². The highest BCUT2D eigenvalue weighted by Gasteiger charge is 2.24. The molecule has 2 aromatic heterocycles. The Balaban J connectivity index is 1.64. The fraction of sp³-hybridized carbons (Fsp3) is 0.182. The molecule has 1 atom stereocenters. The van der Waals surface area contributed by atoms with Gasteiger partial charge in [-0.3, -0.25) is 4.79 Å². The van der Waals surface area contributed by atoms with E-state index in [-0.39, 0.29) is 11.6 Å². The predicted octanol–water partition coefficient (Wildman–Crippen LogP) is 2.98. The maximum atomic E-state index is 13.2. The highest BCUT2D eigenvalue weighted by Crippen LogP contribution is 2.23. The highest BCUT2D eigenvalue weighted by atomic mass is 19.1. The van der Waals surface area contributed by atoms with Gasteiger partial charge in [0.1, 0.15) is 29.3 Å². The molecule has 0 unspecified atom stereocenters. The van der Waals surface area contributed by atoms with Crippen LogP contribution in [0.4, 0.5) is 4.39 Å². The maximum absolute atomic E-state index is 13.2. The van der Waals surface area contributed by atoms with Crippen LogP contribution in [-0.2, 0) is 7.05 Å². The van der Waals surface area contributed by atoms with E-state index >= 15 is 0 Å². The second-order valence-electron chi connectivity index (χ2n) is 6.95. The molecular formula is C22H21FN6O2. The Morgan fingerprint density at radius 2 is 1.84 bits per heavy atom. The number of nitrogens with one attached hydrogen (secondary N) is 1. The van der Waals surface area contributed by atoms with Crippen molar-refractivity contribution in [2.75, 3.05) is 7.11 Å². The number of rotatable bonds is 6. The van der Waals surface area contributed by atoms with Crippen LogP contribution in [-0.4, -0.2) is 37.3 Å². The van der Waals surface area contributed by atoms with Gasteiger partial charge in [-0.1, -0.05) is 12.1 Å². The van der Waals surface area contributed by atoms with Crippen LogP contribution >= 0.6 is 0 Å². The average Bonchev–Trinajstić information content (AvgIpc) is 3.38. The molecule has 2 aromatic carbocycles. The zero-order chi connectivity index (χ0) is 22.0. The Hall–Kier alpha value is -4.01. The van der Waals surface area contributed by atoms with E-state index in [1.54, 1.807) is 32.4 Å². The van der Waals surface area contributed by atoms with Gasteiger partial charge in [-0.15, -0.1) is 5.10 Å². The van der Waals surface area contributed by atoms with Gasteiger partial charge in [0.05, 0.1) is 12.8 Å². The first-order valence-corrected chi connectivity index (χ1v) is 9.58. The van der Waals surface area contributed by atoms with Crippen LogP contribution in [0.2, 0.25) is 0 Å². The van der Waals surface area contributed by atoms with E-state index in [2.05, 4.69) is 20.4 Å². The molecule has 1 amide bonds. The minimum atomic E-state index is -0.517. The summed E-state index contributed by atoms with van der Waals surface area (Å²) in [6, 6.07) is 12.7. The third-order valence-electron chi connectivity index (χ3n) is 4.88. The van der Waals surface area contributed by atoms with E-state index in [1.807, 2.05) is 42.1 Å². The topological polar surface area (TPSA) is 86.9 Å². The molecule has 4 aromatic rings. The lowest BCUT2D eigenvalue weighted by Crippen LogP contribution is -2.32. The molecule has 0 radical (unpaired) electrons. The minimum absolute atomic E-state index is 0.00884. The molecule has 158 valence electrons. The van der Waals surface area contributed by atoms with Crippen LogP contribution in [0.5, 0.6) is 5.75 Å². The quantitative estimate of drug-likeness (QED) is 0.518. The van der Waals surface area contributed by atoms with E-state index < -0.39 is 11.9 Å². The van der Waals surface area contributed by atoms with E-state index in [1.165, 1.54) is 16.8 Å². The summed E-state index contributed by atoms with van der Waals surface area (Å²) >= 11 is 0. The molecule has 0 aliphatic carbocycles. The van der Waals surface area contributed by atoms with Gasteiger partial charge in [-0.05, 0) is 48.9 Å². The van der Waals surface area contributed by atoms with Crippen LogP contribution in [0, 0.1) is 12.7 Å². The van der Waals surface area contributed by atoms with E-state index in [0.717, 1.165) is 5.56 Å². The largest absolute Gasteiger partial charge is 0.497 e. The van der Waals surface area contributed by atoms with Crippen LogP contribution in [0.15, 0.2) is 60.9 Å². The number of amides is 1. The monoisotopic (exact) mass is 420 g/mol. The second kappa shape index (κ2) is 8.39. The first kappa shape index (κ1) is 20.3. The number of hydrogen-bond donors (Lipinski definition) is 1. The molecule has 31 heavy (non-hydrogen) atoms. The smallest absolute Gasteiger partial charge is 0.291 e. The molecule has 4 rings (SSSR count). The molecule has 0 aliphatic rings. The molecule has 0 aliphatic heterocycles. The number of imidazole rings is 1. The van der Waals surface area contributed by atoms with Gasteiger partial charge in [0.2, 0.25) is 5.82 Å². The van der Waals surface area contributed by atoms with Gasteiger partial charge < -0.3 is 14.6 Å². The van der Waals surface area contributed by atoms with Gasteiger partial charge >= 0.3 is 0 Å². The molecule has 9 heteroatoms. The number of aromatic nitrogens is 5. The Morgan fingerprint density at radius 3 is 2.45 bits per heavy atom. The summed E-state index contributed by atoms with van der Waals surface area (Å²) in [4.78, 5) is 21.7. The average molecular weight is 420 g/mol. The molecular weight excluding hydrogens is 399 g/mol. The van der Waals surface area contributed by atoms with Gasteiger partial charge in [-0.2, -0.15) is 0 Å². The van der Waals surface area contributed by atoms with Gasteiger partial charge in [0.15, 0.2) is 0 Å². The number of aryl methyl sites for hydroxylation is 2. The maximum Gasteiger partial charge on any atom is 0.291 e. The number of hydrogen-bond acceptors (Lipinski definition) is 5. The molecule has 0 saturated heterocycles. The van der Waals surface area contributed by atoms with Crippen molar-refractivity contribution in [3.8, 4) is 11.4 Å². The Labute approximate surface area is 178 Å². The summed E-state index contributed by atoms with van der Waals surface area (Å²) in [6.45, 7) is 1.73. The molecule has 8 nitrogen and oxygen atoms in total. The van der Waals surface area contributed by atoms with Crippen molar-refractivity contribution in [1.82, 2.24) is 29.6 Å². The molecule has 0 fully saturated rings. The fourth-order valence-electron chi connectivity index (χ4n) is 3.26. The third kappa shape index (κ3) is 4.16. The summed E-state index contributed by atoms with van der Waals surface area (Å²) in [5.74, 6) is 1.09. The van der Waals surface area contributed by atoms with Crippen molar-refractivity contribution < 1.29 is 13.9 Å². The number of ether oxygens (including phenoxy) is 1. The number of carbonyl (C=O) groups is 1. The zero-order valence-corrected chi connectivity index (χ0v) is 17.3. The van der Waals surface area contributed by atoms with E-state index in [9.17, 15) is 9.18 Å². The second-order valence-corrected chi connectivity index (χ2v) is 6.95. The molecule has 2 heterocycles. The molecule has 1 N–H and O–H groups in total. The van der Waals surface area contributed by atoms with Crippen LogP contribution in [0.3, 0.4) is 0 Å². The van der Waals surface area contributed by atoms with Crippen molar-refractivity contribution >= 4 is 5.91 Å². The first-order chi connectivity index (χ1) is 15.0. The number of methoxy groups -OCH3 is 1. The summed E-state index contributed by atoms with van der Waals surface area (Å²) in [7, 11) is 3.45. The number of benzene rings is 2. The SMILES string of the molecule is COc1ccc([C@@H](NC(=O)c2nc(C)n(-c3ccc(F)cc3)n2)c2nccn2C)cc1. The van der Waals surface area contributed by atoms with E-state index in [0.29, 0.717) is 23.1 Å². The summed E-state index contributed by atoms with van der Waals surface area (Å²) in [5.41, 5.74) is 1.44. The number of carbonyl (C=O) groups excluding carboxylic acids is 1. The van der Waals surface area contributed by atoms with E-state index in [4.69, 9.17) is 4.74 Å². The van der Waals surface area contributed by atoms with Gasteiger partial charge in [-0.25, -0.2) is 19.0 Å². The van der Waals surface area contributed by atoms with Crippen LogP contribution < -0.4 is 10.1 Å². The number of halogens is 1. The summed E-state index contributed by atoms with van der Waals surface area (Å²) < 4.78 is 21.8. The molecule has 0 spiro atoms. The fourth-order valence-corrected chi connectivity index (χ4v) is 3.26. The summed E-state index contributed by atoms with van der Waals surface area (Å²) in [6.07, 6.45) is 3.48.